The van der Waals surface area contributed by atoms with E-state index in [1.54, 1.807) is 19.9 Å². The molecule has 29 heavy (non-hydrogen) atoms. The maximum absolute atomic E-state index is 12.5. The van der Waals surface area contributed by atoms with E-state index in [-0.39, 0.29) is 24.7 Å². The van der Waals surface area contributed by atoms with Gasteiger partial charge in [-0.05, 0) is 39.7 Å². The van der Waals surface area contributed by atoms with Crippen LogP contribution in [0, 0.1) is 5.92 Å². The van der Waals surface area contributed by atoms with Crippen molar-refractivity contribution in [2.75, 3.05) is 6.61 Å². The molecule has 7 nitrogen and oxygen atoms in total. The summed E-state index contributed by atoms with van der Waals surface area (Å²) in [4.78, 5) is 36.2. The smallest absolute Gasteiger partial charge is 0.334 e. The van der Waals surface area contributed by atoms with Crippen LogP contribution in [0.2, 0.25) is 0 Å². The van der Waals surface area contributed by atoms with Gasteiger partial charge in [0.15, 0.2) is 0 Å². The van der Waals surface area contributed by atoms with Crippen molar-refractivity contribution < 1.29 is 33.3 Å². The standard InChI is InChI=1S/C22H28O7/c1-6-13(3)20(24)28-17-10-22(11-26-15(5)23)18(29-22)8-7-12(2)9-16-19(17)14(4)21(25)27-16/h6,9,16-19H,4,7-8,10-11H2,1-3,5H3/b12-9+,13-6-/t16-,17-,18-,19+,22-/m1/s1. The van der Waals surface area contributed by atoms with Crippen molar-refractivity contribution in [3.63, 3.8) is 0 Å². The largest absolute Gasteiger partial charge is 0.463 e. The minimum absolute atomic E-state index is 0.0745. The zero-order chi connectivity index (χ0) is 21.3. The van der Waals surface area contributed by atoms with Crippen LogP contribution >= 0.6 is 0 Å². The molecule has 0 aromatic carbocycles. The Balaban J connectivity index is 1.96. The third-order valence-corrected chi connectivity index (χ3v) is 5.90. The number of hydrogen-bond acceptors (Lipinski definition) is 7. The summed E-state index contributed by atoms with van der Waals surface area (Å²) < 4.78 is 22.6. The molecule has 158 valence electrons. The maximum Gasteiger partial charge on any atom is 0.334 e. The lowest BCUT2D eigenvalue weighted by molar-refractivity contribution is -0.151. The predicted octanol–water partition coefficient (Wildman–Crippen LogP) is 2.79. The summed E-state index contributed by atoms with van der Waals surface area (Å²) in [5.74, 6) is -1.89. The van der Waals surface area contributed by atoms with Gasteiger partial charge in [0, 0.05) is 24.5 Å². The fraction of sp³-hybridized carbons (Fsp3) is 0.591. The molecule has 0 saturated carbocycles. The second-order valence-corrected chi connectivity index (χ2v) is 8.04. The number of hydrogen-bond donors (Lipinski definition) is 0. The van der Waals surface area contributed by atoms with E-state index in [0.29, 0.717) is 5.57 Å². The molecule has 0 N–H and O–H groups in total. The van der Waals surface area contributed by atoms with Crippen LogP contribution in [-0.4, -0.2) is 48.4 Å². The maximum atomic E-state index is 12.5. The first-order chi connectivity index (χ1) is 13.7. The van der Waals surface area contributed by atoms with Gasteiger partial charge in [-0.15, -0.1) is 0 Å². The van der Waals surface area contributed by atoms with E-state index in [9.17, 15) is 14.4 Å². The number of ether oxygens (including phenoxy) is 4. The van der Waals surface area contributed by atoms with Crippen molar-refractivity contribution in [1.82, 2.24) is 0 Å². The molecule has 3 aliphatic rings. The van der Waals surface area contributed by atoms with Gasteiger partial charge in [0.25, 0.3) is 0 Å². The normalized spacial score (nSPS) is 36.1. The molecule has 5 atom stereocenters. The molecule has 0 unspecified atom stereocenters. The second-order valence-electron chi connectivity index (χ2n) is 8.04. The van der Waals surface area contributed by atoms with Gasteiger partial charge in [-0.3, -0.25) is 4.79 Å². The molecule has 0 aromatic rings. The van der Waals surface area contributed by atoms with Crippen LogP contribution < -0.4 is 0 Å². The predicted molar refractivity (Wildman–Crippen MR) is 104 cm³/mol. The number of rotatable bonds is 4. The number of carbonyl (C=O) groups excluding carboxylic acids is 3. The molecule has 0 spiro atoms. The van der Waals surface area contributed by atoms with Gasteiger partial charge in [0.05, 0.1) is 12.0 Å². The third kappa shape index (κ3) is 4.45. The first-order valence-electron chi connectivity index (χ1n) is 9.89. The lowest BCUT2D eigenvalue weighted by atomic mass is 9.82. The van der Waals surface area contributed by atoms with Crippen molar-refractivity contribution >= 4 is 17.9 Å². The Kier molecular flexibility index (Phi) is 5.98. The van der Waals surface area contributed by atoms with Crippen LogP contribution in [0.1, 0.15) is 47.0 Å². The Morgan fingerprint density at radius 2 is 2.10 bits per heavy atom. The number of epoxide rings is 1. The Morgan fingerprint density at radius 3 is 2.76 bits per heavy atom. The van der Waals surface area contributed by atoms with Crippen LogP contribution in [0.25, 0.3) is 0 Å². The molecule has 2 aliphatic heterocycles. The summed E-state index contributed by atoms with van der Waals surface area (Å²) in [5.41, 5.74) is 1.05. The Morgan fingerprint density at radius 1 is 1.38 bits per heavy atom. The van der Waals surface area contributed by atoms with Crippen molar-refractivity contribution in [3.05, 3.63) is 35.5 Å². The van der Waals surface area contributed by atoms with E-state index in [2.05, 4.69) is 6.58 Å². The zero-order valence-corrected chi connectivity index (χ0v) is 17.4. The van der Waals surface area contributed by atoms with Crippen LogP contribution in [0.15, 0.2) is 35.5 Å². The number of carbonyl (C=O) groups is 3. The molecule has 2 saturated heterocycles. The monoisotopic (exact) mass is 404 g/mol. The Bertz CT molecular complexity index is 793. The topological polar surface area (TPSA) is 91.4 Å². The molecule has 7 heteroatoms. The van der Waals surface area contributed by atoms with Gasteiger partial charge in [0.1, 0.15) is 24.4 Å². The summed E-state index contributed by atoms with van der Waals surface area (Å²) in [7, 11) is 0. The van der Waals surface area contributed by atoms with E-state index >= 15 is 0 Å². The molecule has 0 amide bonds. The molecule has 2 fully saturated rings. The summed E-state index contributed by atoms with van der Waals surface area (Å²) >= 11 is 0. The van der Waals surface area contributed by atoms with Gasteiger partial charge in [-0.2, -0.15) is 0 Å². The molecule has 3 rings (SSSR count). The SMILES string of the molecule is C=C1C(=O)O[C@@H]2/C=C(\C)CC[C@H]3O[C@@]3(COC(C)=O)C[C@@H](OC(=O)/C(C)=C\C)[C@@H]12. The highest BCUT2D eigenvalue weighted by Crippen LogP contribution is 2.48. The average molecular weight is 404 g/mol. The summed E-state index contributed by atoms with van der Waals surface area (Å²) in [6, 6.07) is 0. The molecule has 0 bridgehead atoms. The summed E-state index contributed by atoms with van der Waals surface area (Å²) in [6.45, 7) is 10.7. The molecule has 0 radical (unpaired) electrons. The van der Waals surface area contributed by atoms with Crippen LogP contribution in [-0.2, 0) is 33.3 Å². The lowest BCUT2D eigenvalue weighted by Crippen LogP contribution is -2.39. The quantitative estimate of drug-likeness (QED) is 0.234. The molecular formula is C22H28O7. The van der Waals surface area contributed by atoms with E-state index in [1.165, 1.54) is 6.92 Å². The van der Waals surface area contributed by atoms with Crippen molar-refractivity contribution in [3.8, 4) is 0 Å². The van der Waals surface area contributed by atoms with Crippen LogP contribution in [0.5, 0.6) is 0 Å². The Hall–Kier alpha value is -2.41. The average Bonchev–Trinajstić information content (AvgIpc) is 3.28. The second kappa shape index (κ2) is 8.14. The van der Waals surface area contributed by atoms with Crippen molar-refractivity contribution in [2.24, 2.45) is 5.92 Å². The number of esters is 3. The molecule has 2 heterocycles. The first kappa shape index (κ1) is 21.3. The van der Waals surface area contributed by atoms with Crippen molar-refractivity contribution in [1.29, 1.82) is 0 Å². The first-order valence-corrected chi connectivity index (χ1v) is 9.89. The van der Waals surface area contributed by atoms with Gasteiger partial charge in [-0.1, -0.05) is 18.2 Å². The Labute approximate surface area is 170 Å². The minimum Gasteiger partial charge on any atom is -0.463 e. The highest BCUT2D eigenvalue weighted by molar-refractivity contribution is 5.92. The van der Waals surface area contributed by atoms with E-state index in [1.807, 2.05) is 13.0 Å². The molecule has 0 aromatic heterocycles. The number of fused-ring (bicyclic) bond motifs is 2. The highest BCUT2D eigenvalue weighted by Gasteiger charge is 2.60. The molecular weight excluding hydrogens is 376 g/mol. The van der Waals surface area contributed by atoms with E-state index < -0.39 is 41.6 Å². The van der Waals surface area contributed by atoms with Gasteiger partial charge in [0.2, 0.25) is 0 Å². The van der Waals surface area contributed by atoms with Crippen molar-refractivity contribution in [2.45, 2.75) is 70.9 Å². The number of allylic oxidation sites excluding steroid dienone is 2. The van der Waals surface area contributed by atoms with Crippen LogP contribution in [0.3, 0.4) is 0 Å². The summed E-state index contributed by atoms with van der Waals surface area (Å²) in [5, 5.41) is 0. The van der Waals surface area contributed by atoms with E-state index in [4.69, 9.17) is 18.9 Å². The lowest BCUT2D eigenvalue weighted by Gasteiger charge is -2.29. The minimum atomic E-state index is -0.742. The molecule has 1 aliphatic carbocycles. The van der Waals surface area contributed by atoms with Gasteiger partial charge < -0.3 is 18.9 Å². The highest BCUT2D eigenvalue weighted by atomic mass is 16.6. The van der Waals surface area contributed by atoms with Crippen LogP contribution in [0.4, 0.5) is 0 Å². The zero-order valence-electron chi connectivity index (χ0n) is 17.4. The van der Waals surface area contributed by atoms with Gasteiger partial charge >= 0.3 is 17.9 Å². The fourth-order valence-corrected chi connectivity index (χ4v) is 3.99. The summed E-state index contributed by atoms with van der Waals surface area (Å²) in [6.07, 6.45) is 4.00. The van der Waals surface area contributed by atoms with E-state index in [0.717, 1.165) is 18.4 Å². The third-order valence-electron chi connectivity index (χ3n) is 5.90. The van der Waals surface area contributed by atoms with Gasteiger partial charge in [-0.25, -0.2) is 9.59 Å². The fourth-order valence-electron chi connectivity index (χ4n) is 3.99.